The molecule has 47 nitrogen and oxygen atoms in total. The summed E-state index contributed by atoms with van der Waals surface area (Å²) in [5.74, 6) is -7.75. The minimum absolute atomic E-state index is 0.0135. The van der Waals surface area contributed by atoms with E-state index in [9.17, 15) is 142 Å². The largest absolute Gasteiger partial charge is 0.479 e. The average molecular weight is 2010 g/mol. The fourth-order valence-electron chi connectivity index (χ4n) is 24.0. The second-order valence-corrected chi connectivity index (χ2v) is 42.4. The first-order valence-electron chi connectivity index (χ1n) is 48.5. The Bertz CT molecular complexity index is 4100. The Morgan fingerprint density at radius 1 is 0.496 bits per heavy atom. The first-order chi connectivity index (χ1) is 65.4. The smallest absolute Gasteiger partial charge is 0.335 e. The summed E-state index contributed by atoms with van der Waals surface area (Å²) in [7, 11) is 0. The highest BCUT2D eigenvalue weighted by molar-refractivity contribution is 5.80. The van der Waals surface area contributed by atoms with Gasteiger partial charge in [0.05, 0.1) is 101 Å². The van der Waals surface area contributed by atoms with Gasteiger partial charge < -0.3 is 213 Å². The van der Waals surface area contributed by atoms with Crippen molar-refractivity contribution in [2.45, 2.75) is 430 Å². The number of rotatable bonds is 36. The second kappa shape index (κ2) is 45.1. The molecule has 0 bridgehead atoms. The van der Waals surface area contributed by atoms with E-state index in [0.717, 1.165) is 11.9 Å². The van der Waals surface area contributed by atoms with Crippen LogP contribution in [0, 0.1) is 62.6 Å². The lowest BCUT2D eigenvalue weighted by Gasteiger charge is -2.68. The average Bonchev–Trinajstić information content (AvgIpc) is 1.14. The fourth-order valence-corrected chi connectivity index (χ4v) is 24.0. The Labute approximate surface area is 802 Å². The SMILES string of the molecule is CC[C@H](C)[C@H](C[C@H](O)CC(=O)O[C@@H]1C(C)O[C@@H](OC(=O)[C@]23CCC(C)(C)CC2C2=CCC4[C@@]5(C)CC[C@H](O[C@@H]6OC(C(=O)O)[C@H](O)[C@H](O[C@@H]7OC(CO)[C@@H](O)[C@H](O)C7O)C6O[C@@H]6OC(CO)[C@H](O)[C@H](O)C6O)[C@@](C)(C=O)C5CC[C@@]4(C)[C@@H]2C[C@H]3O)[C@H](O[C@@H]2OC(C)[C@H](OC3OCC(O)[C@H](O[C@@H]4OC[C@](O)(CO)C4O)[C@@H]3O)[C@H](O)C2O)C1O)OC(=O)C[C@@H](O)C[C@H](O[C@@H]1O[C@@H](CO)C(O)C1O)[C@@H](C)CC. The van der Waals surface area contributed by atoms with Crippen molar-refractivity contribution in [1.82, 2.24) is 0 Å². The van der Waals surface area contributed by atoms with Crippen molar-refractivity contribution < 1.29 is 232 Å². The van der Waals surface area contributed by atoms with Crippen LogP contribution in [0.15, 0.2) is 11.6 Å². The molecule has 5 aliphatic carbocycles. The molecule has 0 spiro atoms. The van der Waals surface area contributed by atoms with Gasteiger partial charge in [-0.25, -0.2) is 4.79 Å². The number of hydrogen-bond acceptors (Lipinski definition) is 46. The number of ether oxygens (including phenoxy) is 18. The van der Waals surface area contributed by atoms with Gasteiger partial charge in [-0.3, -0.25) is 14.4 Å². The molecule has 13 rings (SSSR count). The van der Waals surface area contributed by atoms with Gasteiger partial charge >= 0.3 is 23.9 Å². The summed E-state index contributed by atoms with van der Waals surface area (Å²) in [5, 5.41) is 267. The number of esters is 3. The zero-order chi connectivity index (χ0) is 102. The molecule has 8 heterocycles. The summed E-state index contributed by atoms with van der Waals surface area (Å²) in [4.78, 5) is 72.0. The van der Waals surface area contributed by atoms with E-state index in [1.165, 1.54) is 13.8 Å². The zero-order valence-corrected chi connectivity index (χ0v) is 79.8. The molecule has 139 heavy (non-hydrogen) atoms. The van der Waals surface area contributed by atoms with Gasteiger partial charge in [-0.15, -0.1) is 0 Å². The lowest BCUT2D eigenvalue weighted by Crippen LogP contribution is -2.69. The predicted octanol–water partition coefficient (Wildman–Crippen LogP) is -6.71. The summed E-state index contributed by atoms with van der Waals surface area (Å²) in [6.45, 7) is 15.1. The maximum atomic E-state index is 16.3. The molecule has 4 saturated carbocycles. The molecule has 24 N–H and O–H groups in total. The van der Waals surface area contributed by atoms with E-state index >= 15 is 4.79 Å². The number of allylic oxidation sites excluding steroid dienone is 2. The molecule has 18 unspecified atom stereocenters. The van der Waals surface area contributed by atoms with Crippen molar-refractivity contribution in [3.05, 3.63) is 11.6 Å². The van der Waals surface area contributed by atoms with Crippen LogP contribution < -0.4 is 0 Å². The normalized spacial score (nSPS) is 48.5. The Hall–Kier alpha value is -4.23. The van der Waals surface area contributed by atoms with Crippen molar-refractivity contribution in [3.8, 4) is 0 Å². The summed E-state index contributed by atoms with van der Waals surface area (Å²) in [6.07, 6.45) is -69.5. The molecule has 8 aliphatic heterocycles. The first kappa shape index (κ1) is 112. The predicted molar refractivity (Wildman–Crippen MR) is 459 cm³/mol. The molecule has 52 atom stereocenters. The summed E-state index contributed by atoms with van der Waals surface area (Å²) in [5.41, 5.74) is -6.70. The minimum atomic E-state index is -2.33. The number of carbonyl (C=O) groups is 5. The van der Waals surface area contributed by atoms with Gasteiger partial charge in [-0.1, -0.05) is 86.8 Å². The molecule has 0 amide bonds. The highest BCUT2D eigenvalue weighted by atomic mass is 16.8. The number of hydrogen-bond donors (Lipinski definition) is 24. The van der Waals surface area contributed by atoms with Crippen molar-refractivity contribution >= 4 is 30.2 Å². The molecular weight excluding hydrogens is 1860 g/mol. The monoisotopic (exact) mass is 2000 g/mol. The number of aliphatic hydroxyl groups is 23. The minimum Gasteiger partial charge on any atom is -0.479 e. The van der Waals surface area contributed by atoms with Crippen LogP contribution in [-0.2, 0) is 109 Å². The van der Waals surface area contributed by atoms with Crippen LogP contribution in [0.25, 0.3) is 0 Å². The van der Waals surface area contributed by atoms with Crippen LogP contribution in [-0.4, -0.2) is 450 Å². The van der Waals surface area contributed by atoms with Gasteiger partial charge in [0.1, 0.15) is 158 Å². The first-order valence-corrected chi connectivity index (χ1v) is 48.5. The number of aldehydes is 1. The third-order valence-electron chi connectivity index (χ3n) is 32.9. The number of carbonyl (C=O) groups excluding carboxylic acids is 4. The molecule has 0 aromatic rings. The number of carboxylic acids is 1. The topological polar surface area (TPSA) is 737 Å². The molecule has 13 aliphatic rings. The number of aliphatic carboxylic acids is 1. The Morgan fingerprint density at radius 3 is 1.61 bits per heavy atom. The Balaban J connectivity index is 0.744. The Kier molecular flexibility index (Phi) is 36.3. The van der Waals surface area contributed by atoms with Crippen molar-refractivity contribution in [1.29, 1.82) is 0 Å². The van der Waals surface area contributed by atoms with Gasteiger partial charge in [0.2, 0.25) is 6.29 Å². The molecular formula is C92H148O47. The maximum Gasteiger partial charge on any atom is 0.335 e. The van der Waals surface area contributed by atoms with Gasteiger partial charge in [-0.05, 0) is 123 Å². The molecule has 12 fully saturated rings. The summed E-state index contributed by atoms with van der Waals surface area (Å²) in [6, 6.07) is 0. The van der Waals surface area contributed by atoms with Crippen molar-refractivity contribution in [3.63, 3.8) is 0 Å². The molecule has 8 saturated heterocycles. The third-order valence-corrected chi connectivity index (χ3v) is 32.9. The summed E-state index contributed by atoms with van der Waals surface area (Å²) < 4.78 is 108. The number of fused-ring (bicyclic) bond motifs is 7. The lowest BCUT2D eigenvalue weighted by atomic mass is 9.36. The maximum absolute atomic E-state index is 16.3. The van der Waals surface area contributed by atoms with Crippen LogP contribution in [0.1, 0.15) is 172 Å². The van der Waals surface area contributed by atoms with E-state index in [0.29, 0.717) is 44.9 Å². The van der Waals surface area contributed by atoms with Gasteiger partial charge in [0.25, 0.3) is 0 Å². The van der Waals surface area contributed by atoms with E-state index in [4.69, 9.17) is 85.3 Å². The summed E-state index contributed by atoms with van der Waals surface area (Å²) >= 11 is 0. The lowest BCUT2D eigenvalue weighted by molar-refractivity contribution is -0.395. The van der Waals surface area contributed by atoms with E-state index in [1.54, 1.807) is 27.7 Å². The standard InChI is InChI=1S/C92H148O47/c1-12-35(3)45(126-54(102)24-40(99)23-46(36(4)13-2)127-80-62(110)58(106)49(30-95)128-80)22-39(98)25-55(103)132-70-38(6)125-83(74(66(70)114)137-79-65(113)61(109)69(37(5)124-79)133-78-68(116)71(44(100)31-122-78)134-85-76(117)91(121,33-97)34-123-85)139-86(120)92-21-20-87(7,8)27-43(92)41-14-15-50-88(9,42(41)26-52(92)101)18-16-51-89(50,10)19-17-53(90(51,11)32-96)131-84-75(138-82-64(112)60(108)57(105)48(29-94)130-82)72(67(115)73(136-84)77(118)119)135-81-63(111)59(107)56(104)47(28-93)129-81/h14,32,35-40,42-53,56-76,78-85,93-95,97-101,104-117,121H,12-13,15-31,33-34H2,1-11H3,(H,118,119)/t35-,36-,37?,38?,39-,40-,42+,43?,44?,45-,46-,47?,48?,49-,50?,51?,52+,53-,56+,57-,58?,59-,60-,61+,62?,63?,64?,65?,66?,67+,68-,69-,70+,71-,72-,73?,74+,75?,76?,78?,79-,80+,81-,82-,83-,84+,85-,88-,89+,90-,91+,92+/m0/s1. The van der Waals surface area contributed by atoms with Crippen LogP contribution >= 0.6 is 0 Å². The van der Waals surface area contributed by atoms with Gasteiger partial charge in [0.15, 0.2) is 62.3 Å². The number of carboxylic acid groups (broad SMARTS) is 1. The highest BCUT2D eigenvalue weighted by Crippen LogP contribution is 2.73. The zero-order valence-electron chi connectivity index (χ0n) is 79.8. The Morgan fingerprint density at radius 2 is 1.02 bits per heavy atom. The molecule has 47 heteroatoms. The van der Waals surface area contributed by atoms with E-state index in [2.05, 4.69) is 19.9 Å². The van der Waals surface area contributed by atoms with Crippen LogP contribution in [0.2, 0.25) is 0 Å². The van der Waals surface area contributed by atoms with Gasteiger partial charge in [0, 0.05) is 12.8 Å². The second-order valence-electron chi connectivity index (χ2n) is 42.4. The molecule has 0 radical (unpaired) electrons. The van der Waals surface area contributed by atoms with Crippen molar-refractivity contribution in [2.24, 2.45) is 62.6 Å². The molecule has 0 aromatic heterocycles. The van der Waals surface area contributed by atoms with Gasteiger partial charge in [-0.2, -0.15) is 0 Å². The quantitative estimate of drug-likeness (QED) is 0.00911. The number of aliphatic hydroxyl groups excluding tert-OH is 22. The van der Waals surface area contributed by atoms with Crippen molar-refractivity contribution in [2.75, 3.05) is 39.6 Å². The van der Waals surface area contributed by atoms with Crippen LogP contribution in [0.3, 0.4) is 0 Å². The molecule has 798 valence electrons. The third kappa shape index (κ3) is 22.2. The molecule has 0 aromatic carbocycles. The van der Waals surface area contributed by atoms with E-state index in [-0.39, 0.29) is 50.4 Å². The highest BCUT2D eigenvalue weighted by Gasteiger charge is 2.71. The van der Waals surface area contributed by atoms with E-state index in [1.807, 2.05) is 20.8 Å². The van der Waals surface area contributed by atoms with E-state index < -0.39 is 384 Å². The van der Waals surface area contributed by atoms with Crippen LogP contribution in [0.4, 0.5) is 0 Å². The van der Waals surface area contributed by atoms with Crippen LogP contribution in [0.5, 0.6) is 0 Å². The fraction of sp³-hybridized carbons (Fsp3) is 0.924.